The average molecular weight is 424 g/mol. The van der Waals surface area contributed by atoms with Gasteiger partial charge in [-0.25, -0.2) is 0 Å². The second kappa shape index (κ2) is 6.88. The molecule has 0 radical (unpaired) electrons. The summed E-state index contributed by atoms with van der Waals surface area (Å²) in [6.45, 7) is 19.1. The van der Waals surface area contributed by atoms with Crippen molar-refractivity contribution in [3.8, 4) is 0 Å². The van der Waals surface area contributed by atoms with Crippen molar-refractivity contribution in [1.82, 2.24) is 0 Å². The summed E-state index contributed by atoms with van der Waals surface area (Å²) < 4.78 is 3.18. The van der Waals surface area contributed by atoms with Gasteiger partial charge in [0.05, 0.1) is 0 Å². The third-order valence-corrected chi connectivity index (χ3v) is 32.2. The molecule has 1 rings (SSSR count). The Bertz CT molecular complexity index is 424. The Morgan fingerprint density at radius 1 is 0.714 bits per heavy atom. The van der Waals surface area contributed by atoms with Gasteiger partial charge in [0.15, 0.2) is 0 Å². The van der Waals surface area contributed by atoms with E-state index in [9.17, 15) is 0 Å². The molecule has 0 spiro atoms. The van der Waals surface area contributed by atoms with E-state index in [1.807, 2.05) is 0 Å². The van der Waals surface area contributed by atoms with Crippen molar-refractivity contribution in [1.29, 1.82) is 0 Å². The molecule has 0 nitrogen and oxygen atoms in total. The fourth-order valence-corrected chi connectivity index (χ4v) is 45.1. The summed E-state index contributed by atoms with van der Waals surface area (Å²) in [5, 5.41) is 0. The molecule has 122 valence electrons. The predicted octanol–water partition coefficient (Wildman–Crippen LogP) is 6.95. The Morgan fingerprint density at radius 2 is 1.00 bits per heavy atom. The van der Waals surface area contributed by atoms with Crippen LogP contribution >= 0.6 is 20.0 Å². The van der Waals surface area contributed by atoms with Crippen LogP contribution in [-0.2, 0) is 0 Å². The van der Waals surface area contributed by atoms with Crippen LogP contribution in [0, 0.1) is 0 Å². The molecule has 5 heteroatoms. The first-order valence-corrected chi connectivity index (χ1v) is 22.9. The topological polar surface area (TPSA) is 0 Å². The first-order chi connectivity index (χ1) is 9.39. The zero-order chi connectivity index (χ0) is 16.6. The van der Waals surface area contributed by atoms with Crippen LogP contribution in [0.2, 0.25) is 39.3 Å². The second-order valence-corrected chi connectivity index (χ2v) is 31.8. The van der Waals surface area contributed by atoms with Crippen molar-refractivity contribution in [2.75, 3.05) is 0 Å². The van der Waals surface area contributed by atoms with E-state index in [4.69, 9.17) is 20.0 Å². The normalized spacial score (nSPS) is 19.7. The number of hydrogen-bond acceptors (Lipinski definition) is 0. The van der Waals surface area contributed by atoms with Crippen LogP contribution in [0.4, 0.5) is 0 Å². The molecule has 0 atom stereocenters. The molecule has 1 aliphatic heterocycles. The van der Waals surface area contributed by atoms with E-state index in [1.165, 1.54) is 25.7 Å². The number of hydrogen-bond donors (Lipinski definition) is 0. The summed E-state index contributed by atoms with van der Waals surface area (Å²) in [5.41, 5.74) is 3.22. The van der Waals surface area contributed by atoms with Gasteiger partial charge in [-0.15, -0.1) is 0 Å². The molecule has 1 heterocycles. The van der Waals surface area contributed by atoms with Crippen LogP contribution in [-0.4, -0.2) is 27.6 Å². The molecular weight excluding hydrogens is 392 g/mol. The Hall–Kier alpha value is 1.04. The Balaban J connectivity index is 3.65. The molecule has 0 aliphatic carbocycles. The van der Waals surface area contributed by atoms with Crippen LogP contribution in [0.3, 0.4) is 0 Å². The molecule has 0 aromatic heterocycles. The summed E-state index contributed by atoms with van der Waals surface area (Å²) in [4.78, 5) is 0. The van der Waals surface area contributed by atoms with E-state index < -0.39 is 27.6 Å². The monoisotopic (exact) mass is 424 g/mol. The third-order valence-electron chi connectivity index (χ3n) is 4.10. The van der Waals surface area contributed by atoms with Crippen LogP contribution in [0.15, 0.2) is 19.2 Å². The van der Waals surface area contributed by atoms with Crippen molar-refractivity contribution in [3.63, 3.8) is 0 Å². The van der Waals surface area contributed by atoms with Gasteiger partial charge >= 0.3 is 146 Å². The Labute approximate surface area is 145 Å². The standard InChI is InChI=1S/C16H32Cl2GeSi2/c1-9-11-13-14(12-10-2)16(21(6,7)8)19(17,18)15(13)20(3,4)5/h9-12H2,1-8H3. The fourth-order valence-electron chi connectivity index (χ4n) is 3.70. The quantitative estimate of drug-likeness (QED) is 0.405. The van der Waals surface area contributed by atoms with Gasteiger partial charge in [-0.2, -0.15) is 0 Å². The van der Waals surface area contributed by atoms with Crippen molar-refractivity contribution in [2.45, 2.75) is 78.8 Å². The minimum atomic E-state index is -3.04. The molecule has 21 heavy (non-hydrogen) atoms. The summed E-state index contributed by atoms with van der Waals surface area (Å²) >= 11 is -3.04. The van der Waals surface area contributed by atoms with Crippen molar-refractivity contribution in [2.24, 2.45) is 0 Å². The summed E-state index contributed by atoms with van der Waals surface area (Å²) in [5.74, 6) is 0. The molecule has 0 aromatic carbocycles. The molecule has 0 saturated heterocycles. The van der Waals surface area contributed by atoms with E-state index in [0.717, 1.165) is 0 Å². The van der Waals surface area contributed by atoms with Gasteiger partial charge in [0.25, 0.3) is 0 Å². The first-order valence-electron chi connectivity index (χ1n) is 8.25. The molecular formula is C16H32Cl2GeSi2. The fraction of sp³-hybridized carbons (Fsp3) is 0.750. The molecule has 0 saturated carbocycles. The number of allylic oxidation sites excluding steroid dienone is 2. The van der Waals surface area contributed by atoms with Crippen LogP contribution in [0.5, 0.6) is 0 Å². The summed E-state index contributed by atoms with van der Waals surface area (Å²) in [6, 6.07) is 0. The number of halogens is 2. The number of rotatable bonds is 6. The molecule has 0 unspecified atom stereocenters. The van der Waals surface area contributed by atoms with Gasteiger partial charge in [-0.05, 0) is 0 Å². The Kier molecular flexibility index (Phi) is 6.58. The van der Waals surface area contributed by atoms with Gasteiger partial charge in [0.1, 0.15) is 0 Å². The third kappa shape index (κ3) is 4.12. The van der Waals surface area contributed by atoms with E-state index in [2.05, 4.69) is 53.1 Å². The second-order valence-electron chi connectivity index (χ2n) is 8.28. The minimum absolute atomic E-state index is 1.18. The van der Waals surface area contributed by atoms with Gasteiger partial charge in [-0.3, -0.25) is 0 Å². The van der Waals surface area contributed by atoms with Crippen molar-refractivity contribution in [3.05, 3.63) is 19.2 Å². The Morgan fingerprint density at radius 3 is 1.19 bits per heavy atom. The van der Waals surface area contributed by atoms with E-state index >= 15 is 0 Å². The van der Waals surface area contributed by atoms with Gasteiger partial charge < -0.3 is 0 Å². The van der Waals surface area contributed by atoms with E-state index in [0.29, 0.717) is 0 Å². The molecule has 0 N–H and O–H groups in total. The molecule has 0 aromatic rings. The van der Waals surface area contributed by atoms with Crippen LogP contribution < -0.4 is 0 Å². The van der Waals surface area contributed by atoms with Crippen LogP contribution in [0.1, 0.15) is 39.5 Å². The summed E-state index contributed by atoms with van der Waals surface area (Å²) in [6.07, 6.45) is 4.74. The van der Waals surface area contributed by atoms with E-state index in [-0.39, 0.29) is 0 Å². The van der Waals surface area contributed by atoms with Crippen LogP contribution in [0.25, 0.3) is 0 Å². The average Bonchev–Trinajstić information content (AvgIpc) is 2.45. The van der Waals surface area contributed by atoms with Gasteiger partial charge in [-0.1, -0.05) is 0 Å². The van der Waals surface area contributed by atoms with E-state index in [1.54, 1.807) is 19.2 Å². The first kappa shape index (κ1) is 20.1. The van der Waals surface area contributed by atoms with Gasteiger partial charge in [0, 0.05) is 0 Å². The maximum absolute atomic E-state index is 7.24. The zero-order valence-corrected chi connectivity index (χ0v) is 20.7. The van der Waals surface area contributed by atoms with Crippen molar-refractivity contribution >= 4 is 47.6 Å². The van der Waals surface area contributed by atoms with Gasteiger partial charge in [0.2, 0.25) is 0 Å². The SMILES string of the molecule is CCCC1=[C]([Si](C)(C)C)[Ge]([Cl])([Cl])[C]([Si](C)(C)C)=C1CCC. The molecule has 0 amide bonds. The predicted molar refractivity (Wildman–Crippen MR) is 108 cm³/mol. The molecule has 0 fully saturated rings. The zero-order valence-electron chi connectivity index (χ0n) is 15.1. The molecule has 1 aliphatic rings. The maximum atomic E-state index is 7.24. The molecule has 0 bridgehead atoms. The summed E-state index contributed by atoms with van der Waals surface area (Å²) in [7, 11) is 11.5. The van der Waals surface area contributed by atoms with Crippen molar-refractivity contribution < 1.29 is 0 Å².